The zero-order chi connectivity index (χ0) is 20.8. The summed E-state index contributed by atoms with van der Waals surface area (Å²) in [4.78, 5) is 0. The summed E-state index contributed by atoms with van der Waals surface area (Å²) in [7, 11) is 1.36. The van der Waals surface area contributed by atoms with Crippen LogP contribution in [-0.2, 0) is 4.74 Å². The van der Waals surface area contributed by atoms with Gasteiger partial charge in [-0.2, -0.15) is 0 Å². The van der Waals surface area contributed by atoms with E-state index in [0.29, 0.717) is 12.2 Å². The van der Waals surface area contributed by atoms with Gasteiger partial charge in [0.15, 0.2) is 23.2 Å². The molecule has 2 atom stereocenters. The molecule has 2 nitrogen and oxygen atoms in total. The van der Waals surface area contributed by atoms with Gasteiger partial charge in [0.2, 0.25) is 0 Å². The summed E-state index contributed by atoms with van der Waals surface area (Å²) in [5.74, 6) is -2.52. The third kappa shape index (κ3) is 5.13. The molecule has 0 radical (unpaired) electrons. The van der Waals surface area contributed by atoms with Crippen molar-refractivity contribution in [2.24, 2.45) is 0 Å². The first-order valence-electron chi connectivity index (χ1n) is 10.5. The molecule has 1 aliphatic rings. The lowest BCUT2D eigenvalue weighted by molar-refractivity contribution is -0.00282. The van der Waals surface area contributed by atoms with E-state index in [-0.39, 0.29) is 28.9 Å². The lowest BCUT2D eigenvalue weighted by Crippen LogP contribution is -2.25. The van der Waals surface area contributed by atoms with Gasteiger partial charge >= 0.3 is 0 Å². The van der Waals surface area contributed by atoms with Crippen molar-refractivity contribution in [1.82, 2.24) is 0 Å². The summed E-state index contributed by atoms with van der Waals surface area (Å²) >= 11 is 0. The quantitative estimate of drug-likeness (QED) is 0.439. The van der Waals surface area contributed by atoms with Gasteiger partial charge in [0.25, 0.3) is 0 Å². The van der Waals surface area contributed by atoms with Gasteiger partial charge in [0, 0.05) is 11.5 Å². The van der Waals surface area contributed by atoms with E-state index < -0.39 is 17.5 Å². The first kappa shape index (κ1) is 21.7. The van der Waals surface area contributed by atoms with Crippen LogP contribution < -0.4 is 4.74 Å². The van der Waals surface area contributed by atoms with E-state index in [2.05, 4.69) is 6.92 Å². The van der Waals surface area contributed by atoms with E-state index in [4.69, 9.17) is 9.47 Å². The van der Waals surface area contributed by atoms with E-state index in [0.717, 1.165) is 31.7 Å². The third-order valence-electron chi connectivity index (χ3n) is 5.76. The largest absolute Gasteiger partial charge is 0.494 e. The summed E-state index contributed by atoms with van der Waals surface area (Å²) in [6, 6.07) is 7.21. The Balaban J connectivity index is 1.68. The highest BCUT2D eigenvalue weighted by Crippen LogP contribution is 2.35. The standard InChI is InChI=1S/C24H29F3O2/c1-3-4-5-6-7-18-10-8-17(15-29-18)20-12-11-19(23(26)24(20)27)16-9-13-22(28-2)21(25)14-16/h9,11-14,17-18H,3-8,10,15H2,1-2H3. The van der Waals surface area contributed by atoms with Crippen LogP contribution >= 0.6 is 0 Å². The van der Waals surface area contributed by atoms with Crippen LogP contribution in [0, 0.1) is 17.5 Å². The summed E-state index contributed by atoms with van der Waals surface area (Å²) in [6.07, 6.45) is 7.71. The summed E-state index contributed by atoms with van der Waals surface area (Å²) < 4.78 is 54.3. The van der Waals surface area contributed by atoms with Crippen molar-refractivity contribution in [2.45, 2.75) is 63.9 Å². The number of benzene rings is 2. The molecule has 0 aromatic heterocycles. The number of hydrogen-bond donors (Lipinski definition) is 0. The van der Waals surface area contributed by atoms with Gasteiger partial charge in [-0.1, -0.05) is 50.8 Å². The number of rotatable bonds is 8. The molecule has 5 heteroatoms. The molecule has 3 rings (SSSR count). The Morgan fingerprint density at radius 2 is 1.83 bits per heavy atom. The van der Waals surface area contributed by atoms with Gasteiger partial charge in [-0.3, -0.25) is 0 Å². The SMILES string of the molecule is CCCCCCC1CCC(c2ccc(-c3ccc(OC)c(F)c3)c(F)c2F)CO1. The van der Waals surface area contributed by atoms with E-state index in [1.54, 1.807) is 6.07 Å². The van der Waals surface area contributed by atoms with E-state index in [1.807, 2.05) is 0 Å². The Morgan fingerprint density at radius 3 is 2.48 bits per heavy atom. The highest BCUT2D eigenvalue weighted by Gasteiger charge is 2.27. The van der Waals surface area contributed by atoms with Crippen molar-refractivity contribution >= 4 is 0 Å². The molecule has 1 aliphatic heterocycles. The molecule has 1 heterocycles. The van der Waals surface area contributed by atoms with Crippen molar-refractivity contribution in [3.8, 4) is 16.9 Å². The maximum absolute atomic E-state index is 14.8. The van der Waals surface area contributed by atoms with Crippen LogP contribution in [0.4, 0.5) is 13.2 Å². The predicted molar refractivity (Wildman–Crippen MR) is 109 cm³/mol. The molecule has 0 saturated carbocycles. The smallest absolute Gasteiger partial charge is 0.166 e. The number of hydrogen-bond acceptors (Lipinski definition) is 2. The molecule has 0 spiro atoms. The molecule has 158 valence electrons. The third-order valence-corrected chi connectivity index (χ3v) is 5.76. The fraction of sp³-hybridized carbons (Fsp3) is 0.500. The van der Waals surface area contributed by atoms with E-state index in [1.165, 1.54) is 44.6 Å². The maximum atomic E-state index is 14.8. The van der Waals surface area contributed by atoms with E-state index >= 15 is 0 Å². The molecule has 0 bridgehead atoms. The number of methoxy groups -OCH3 is 1. The van der Waals surface area contributed by atoms with Gasteiger partial charge in [-0.05, 0) is 42.5 Å². The second kappa shape index (κ2) is 10.1. The molecule has 2 unspecified atom stereocenters. The molecule has 0 amide bonds. The van der Waals surface area contributed by atoms with Gasteiger partial charge in [-0.15, -0.1) is 0 Å². The van der Waals surface area contributed by atoms with Gasteiger partial charge in [0.1, 0.15) is 0 Å². The summed E-state index contributed by atoms with van der Waals surface area (Å²) in [5, 5.41) is 0. The van der Waals surface area contributed by atoms with Crippen LogP contribution in [-0.4, -0.2) is 19.8 Å². The zero-order valence-electron chi connectivity index (χ0n) is 17.1. The number of halogens is 3. The average molecular weight is 406 g/mol. The minimum atomic E-state index is -0.950. The predicted octanol–water partition coefficient (Wildman–Crippen LogP) is 7.01. The van der Waals surface area contributed by atoms with Crippen LogP contribution in [0.25, 0.3) is 11.1 Å². The molecular weight excluding hydrogens is 377 g/mol. The topological polar surface area (TPSA) is 18.5 Å². The second-order valence-electron chi connectivity index (χ2n) is 7.76. The molecular formula is C24H29F3O2. The van der Waals surface area contributed by atoms with Crippen molar-refractivity contribution in [2.75, 3.05) is 13.7 Å². The molecule has 1 saturated heterocycles. The fourth-order valence-electron chi connectivity index (χ4n) is 4.01. The van der Waals surface area contributed by atoms with E-state index in [9.17, 15) is 13.2 Å². The lowest BCUT2D eigenvalue weighted by Gasteiger charge is -2.30. The molecule has 29 heavy (non-hydrogen) atoms. The highest BCUT2D eigenvalue weighted by molar-refractivity contribution is 5.66. The normalized spacial score (nSPS) is 19.3. The minimum absolute atomic E-state index is 0.0401. The van der Waals surface area contributed by atoms with Crippen molar-refractivity contribution in [1.29, 1.82) is 0 Å². The van der Waals surface area contributed by atoms with Crippen LogP contribution in [0.2, 0.25) is 0 Å². The van der Waals surface area contributed by atoms with Gasteiger partial charge in [0.05, 0.1) is 19.8 Å². The van der Waals surface area contributed by atoms with Crippen molar-refractivity contribution < 1.29 is 22.6 Å². The van der Waals surface area contributed by atoms with Crippen LogP contribution in [0.15, 0.2) is 30.3 Å². The number of unbranched alkanes of at least 4 members (excludes halogenated alkanes) is 3. The maximum Gasteiger partial charge on any atom is 0.166 e. The van der Waals surface area contributed by atoms with Gasteiger partial charge in [-0.25, -0.2) is 13.2 Å². The lowest BCUT2D eigenvalue weighted by atomic mass is 9.88. The first-order chi connectivity index (χ1) is 14.0. The monoisotopic (exact) mass is 406 g/mol. The Morgan fingerprint density at radius 1 is 1.00 bits per heavy atom. The Kier molecular flexibility index (Phi) is 7.59. The Hall–Kier alpha value is -2.01. The molecule has 2 aromatic carbocycles. The Labute approximate surface area is 171 Å². The second-order valence-corrected chi connectivity index (χ2v) is 7.76. The molecule has 0 aliphatic carbocycles. The van der Waals surface area contributed by atoms with Crippen LogP contribution in [0.1, 0.15) is 63.4 Å². The first-order valence-corrected chi connectivity index (χ1v) is 10.5. The number of ether oxygens (including phenoxy) is 2. The van der Waals surface area contributed by atoms with Crippen molar-refractivity contribution in [3.05, 3.63) is 53.3 Å². The summed E-state index contributed by atoms with van der Waals surface area (Å²) in [5.41, 5.74) is 0.654. The molecule has 0 N–H and O–H groups in total. The molecule has 2 aromatic rings. The summed E-state index contributed by atoms with van der Waals surface area (Å²) in [6.45, 7) is 2.59. The van der Waals surface area contributed by atoms with Crippen LogP contribution in [0.5, 0.6) is 5.75 Å². The van der Waals surface area contributed by atoms with Crippen LogP contribution in [0.3, 0.4) is 0 Å². The molecule has 1 fully saturated rings. The highest BCUT2D eigenvalue weighted by atomic mass is 19.2. The van der Waals surface area contributed by atoms with Crippen molar-refractivity contribution in [3.63, 3.8) is 0 Å². The minimum Gasteiger partial charge on any atom is -0.494 e. The zero-order valence-corrected chi connectivity index (χ0v) is 17.1. The Bertz CT molecular complexity index is 814. The fourth-order valence-corrected chi connectivity index (χ4v) is 4.01. The van der Waals surface area contributed by atoms with Gasteiger partial charge < -0.3 is 9.47 Å². The average Bonchev–Trinajstić information content (AvgIpc) is 2.74.